The Morgan fingerprint density at radius 1 is 0.875 bits per heavy atom. The molecule has 1 unspecified atom stereocenters. The Bertz CT molecular complexity index is 1320. The van der Waals surface area contributed by atoms with Gasteiger partial charge >= 0.3 is 0 Å². The number of carbonyl (C=O) groups is 2. The second-order valence-corrected chi connectivity index (χ2v) is 9.65. The summed E-state index contributed by atoms with van der Waals surface area (Å²) in [4.78, 5) is 30.6. The van der Waals surface area contributed by atoms with Gasteiger partial charge in [-0.25, -0.2) is 0 Å². The lowest BCUT2D eigenvalue weighted by molar-refractivity contribution is -0.140. The molecule has 1 fully saturated rings. The quantitative estimate of drug-likeness (QED) is 0.167. The number of carbonyl (C=O) groups excluding carboxylic acids is 2. The first-order chi connectivity index (χ1) is 19.5. The van der Waals surface area contributed by atoms with E-state index in [1.54, 1.807) is 29.2 Å². The summed E-state index contributed by atoms with van der Waals surface area (Å²) in [5, 5.41) is 11.3. The summed E-state index contributed by atoms with van der Waals surface area (Å²) < 4.78 is 12.0. The van der Waals surface area contributed by atoms with Crippen LogP contribution >= 0.6 is 0 Å². The van der Waals surface area contributed by atoms with Crippen LogP contribution in [0, 0.1) is 0 Å². The number of hydrogen-bond acceptors (Lipinski definition) is 6. The van der Waals surface area contributed by atoms with Crippen molar-refractivity contribution in [2.75, 3.05) is 32.8 Å². The van der Waals surface area contributed by atoms with Crippen LogP contribution in [0.15, 0.2) is 84.4 Å². The third-order valence-electron chi connectivity index (χ3n) is 7.18. The maximum absolute atomic E-state index is 13.4. The number of benzene rings is 3. The molecule has 3 aromatic rings. The lowest BCUT2D eigenvalue weighted by Gasteiger charge is -2.27. The molecule has 7 heteroatoms. The van der Waals surface area contributed by atoms with Crippen LogP contribution in [0.4, 0.5) is 0 Å². The molecule has 1 aliphatic rings. The Balaban J connectivity index is 1.72. The van der Waals surface area contributed by atoms with Crippen molar-refractivity contribution in [1.29, 1.82) is 0 Å². The molecule has 7 nitrogen and oxygen atoms in total. The first-order valence-electron chi connectivity index (χ1n) is 14.0. The molecular formula is C33H38N2O5. The van der Waals surface area contributed by atoms with Crippen molar-refractivity contribution in [2.45, 2.75) is 39.8 Å². The fraction of sp³-hybridized carbons (Fsp3) is 0.333. The van der Waals surface area contributed by atoms with Crippen LogP contribution < -0.4 is 9.47 Å². The molecule has 40 heavy (non-hydrogen) atoms. The highest BCUT2D eigenvalue weighted by atomic mass is 16.5. The van der Waals surface area contributed by atoms with E-state index in [2.05, 4.69) is 18.7 Å². The Hall–Kier alpha value is -4.10. The van der Waals surface area contributed by atoms with Crippen LogP contribution in [-0.4, -0.2) is 59.4 Å². The molecule has 1 amide bonds. The van der Waals surface area contributed by atoms with Gasteiger partial charge in [-0.2, -0.15) is 0 Å². The Kier molecular flexibility index (Phi) is 9.97. The minimum absolute atomic E-state index is 0.0828. The second-order valence-electron chi connectivity index (χ2n) is 9.65. The van der Waals surface area contributed by atoms with Gasteiger partial charge in [-0.1, -0.05) is 80.6 Å². The lowest BCUT2D eigenvalue weighted by atomic mass is 9.95. The summed E-state index contributed by atoms with van der Waals surface area (Å²) in [7, 11) is 0. The van der Waals surface area contributed by atoms with Crippen molar-refractivity contribution in [3.05, 3.63) is 101 Å². The summed E-state index contributed by atoms with van der Waals surface area (Å²) in [5.41, 5.74) is 2.27. The number of hydrogen-bond donors (Lipinski definition) is 1. The zero-order valence-corrected chi connectivity index (χ0v) is 23.5. The first kappa shape index (κ1) is 28.9. The molecule has 0 aliphatic carbocycles. The van der Waals surface area contributed by atoms with Crippen LogP contribution in [0.25, 0.3) is 5.76 Å². The van der Waals surface area contributed by atoms with Crippen molar-refractivity contribution in [3.8, 4) is 11.5 Å². The molecule has 0 radical (unpaired) electrons. The predicted octanol–water partition coefficient (Wildman–Crippen LogP) is 5.82. The van der Waals surface area contributed by atoms with Gasteiger partial charge in [0.15, 0.2) is 11.5 Å². The molecule has 0 spiro atoms. The lowest BCUT2D eigenvalue weighted by Crippen LogP contribution is -2.33. The zero-order chi connectivity index (χ0) is 28.5. The van der Waals surface area contributed by atoms with Crippen LogP contribution in [0.2, 0.25) is 0 Å². The van der Waals surface area contributed by atoms with E-state index >= 15 is 0 Å². The van der Waals surface area contributed by atoms with Gasteiger partial charge in [-0.15, -0.1) is 0 Å². The van der Waals surface area contributed by atoms with E-state index in [9.17, 15) is 14.7 Å². The Morgan fingerprint density at radius 3 is 2.20 bits per heavy atom. The highest BCUT2D eigenvalue weighted by Gasteiger charge is 2.46. The molecule has 0 aromatic heterocycles. The number of likely N-dealkylation sites (tertiary alicyclic amines) is 1. The topological polar surface area (TPSA) is 79.3 Å². The van der Waals surface area contributed by atoms with E-state index < -0.39 is 17.7 Å². The van der Waals surface area contributed by atoms with E-state index in [1.807, 2.05) is 61.5 Å². The van der Waals surface area contributed by atoms with Crippen molar-refractivity contribution in [3.63, 3.8) is 0 Å². The number of rotatable bonds is 13. The number of ketones is 1. The maximum Gasteiger partial charge on any atom is 0.295 e. The van der Waals surface area contributed by atoms with E-state index in [0.29, 0.717) is 48.8 Å². The van der Waals surface area contributed by atoms with E-state index in [4.69, 9.17) is 9.47 Å². The van der Waals surface area contributed by atoms with Gasteiger partial charge in [0.25, 0.3) is 11.7 Å². The molecule has 1 atom stereocenters. The first-order valence-corrected chi connectivity index (χ1v) is 14.0. The van der Waals surface area contributed by atoms with Crippen LogP contribution in [0.3, 0.4) is 0 Å². The summed E-state index contributed by atoms with van der Waals surface area (Å²) in [6.07, 6.45) is 0.702. The zero-order valence-electron chi connectivity index (χ0n) is 23.5. The SMILES string of the molecule is CCOc1cc(C2C(=C(O)c3ccccc3)C(=O)C(=O)N2CCCN(CC)CC)ccc1OCc1ccccc1. The van der Waals surface area contributed by atoms with Crippen LogP contribution in [0.5, 0.6) is 11.5 Å². The van der Waals surface area contributed by atoms with Crippen molar-refractivity contribution >= 4 is 17.4 Å². The van der Waals surface area contributed by atoms with Crippen molar-refractivity contribution in [2.24, 2.45) is 0 Å². The number of aliphatic hydroxyl groups excluding tert-OH is 1. The van der Waals surface area contributed by atoms with Gasteiger partial charge < -0.3 is 24.4 Å². The number of Topliss-reactive ketones (excluding diaryl/α,β-unsaturated/α-hetero) is 1. The summed E-state index contributed by atoms with van der Waals surface area (Å²) >= 11 is 0. The molecule has 3 aromatic carbocycles. The molecule has 1 saturated heterocycles. The van der Waals surface area contributed by atoms with Crippen molar-refractivity contribution < 1.29 is 24.2 Å². The van der Waals surface area contributed by atoms with Gasteiger partial charge in [0.05, 0.1) is 18.2 Å². The molecule has 1 N–H and O–H groups in total. The third kappa shape index (κ3) is 6.54. The normalized spacial score (nSPS) is 16.5. The molecule has 0 saturated carbocycles. The average molecular weight is 543 g/mol. The van der Waals surface area contributed by atoms with Gasteiger partial charge in [0.1, 0.15) is 12.4 Å². The molecule has 1 aliphatic heterocycles. The number of aliphatic hydroxyl groups is 1. The van der Waals surface area contributed by atoms with Gasteiger partial charge in [-0.05, 0) is 56.2 Å². The molecule has 0 bridgehead atoms. The number of amides is 1. The Morgan fingerprint density at radius 2 is 1.55 bits per heavy atom. The van der Waals surface area contributed by atoms with Gasteiger partial charge in [0.2, 0.25) is 0 Å². The largest absolute Gasteiger partial charge is 0.507 e. The van der Waals surface area contributed by atoms with Crippen LogP contribution in [-0.2, 0) is 16.2 Å². The van der Waals surface area contributed by atoms with Gasteiger partial charge in [-0.3, -0.25) is 9.59 Å². The highest BCUT2D eigenvalue weighted by molar-refractivity contribution is 6.46. The minimum Gasteiger partial charge on any atom is -0.507 e. The van der Waals surface area contributed by atoms with E-state index in [-0.39, 0.29) is 11.3 Å². The van der Waals surface area contributed by atoms with Crippen molar-refractivity contribution in [1.82, 2.24) is 9.80 Å². The fourth-order valence-corrected chi connectivity index (χ4v) is 5.03. The van der Waals surface area contributed by atoms with E-state index in [0.717, 1.165) is 25.2 Å². The number of ether oxygens (including phenoxy) is 2. The molecular weight excluding hydrogens is 504 g/mol. The second kappa shape index (κ2) is 13.8. The minimum atomic E-state index is -0.751. The molecule has 4 rings (SSSR count). The number of nitrogens with zero attached hydrogens (tertiary/aromatic N) is 2. The average Bonchev–Trinajstić information content (AvgIpc) is 3.24. The Labute approximate surface area is 236 Å². The van der Waals surface area contributed by atoms with Gasteiger partial charge in [0, 0.05) is 12.1 Å². The third-order valence-corrected chi connectivity index (χ3v) is 7.18. The standard InChI is InChI=1S/C33H38N2O5/c1-4-34(5-2)20-13-21-35-30(29(32(37)33(35)38)31(36)25-16-11-8-12-17-25)26-18-19-27(28(22-26)39-6-3)40-23-24-14-9-7-10-15-24/h7-12,14-19,22,30,36H,4-6,13,20-21,23H2,1-3H3. The predicted molar refractivity (Wildman–Crippen MR) is 156 cm³/mol. The fourth-order valence-electron chi connectivity index (χ4n) is 5.03. The maximum atomic E-state index is 13.4. The monoisotopic (exact) mass is 542 g/mol. The molecule has 210 valence electrons. The summed E-state index contributed by atoms with van der Waals surface area (Å²) in [5.74, 6) is -0.390. The van der Waals surface area contributed by atoms with Crippen LogP contribution in [0.1, 0.15) is 49.9 Å². The van der Waals surface area contributed by atoms with E-state index in [1.165, 1.54) is 0 Å². The smallest absolute Gasteiger partial charge is 0.295 e. The molecule has 1 heterocycles. The summed E-state index contributed by atoms with van der Waals surface area (Å²) in [6, 6.07) is 23.4. The highest BCUT2D eigenvalue weighted by Crippen LogP contribution is 2.42. The summed E-state index contributed by atoms with van der Waals surface area (Å²) in [6.45, 7) is 9.90.